The predicted molar refractivity (Wildman–Crippen MR) is 216 cm³/mol. The third-order valence-corrected chi connectivity index (χ3v) is 13.6. The van der Waals surface area contributed by atoms with Crippen molar-refractivity contribution in [2.75, 3.05) is 13.1 Å². The molecule has 2 saturated carbocycles. The minimum absolute atomic E-state index is 0.0367. The van der Waals surface area contributed by atoms with Crippen LogP contribution in [0.5, 0.6) is 0 Å². The Morgan fingerprint density at radius 2 is 1.89 bits per heavy atom. The average molecular weight is 788 g/mol. The maximum atomic E-state index is 17.3. The van der Waals surface area contributed by atoms with E-state index in [4.69, 9.17) is 33.4 Å². The zero-order chi connectivity index (χ0) is 38.4. The lowest BCUT2D eigenvalue weighted by atomic mass is 9.79. The Bertz CT molecular complexity index is 2600. The van der Waals surface area contributed by atoms with E-state index in [9.17, 15) is 10.1 Å². The van der Waals surface area contributed by atoms with Crippen LogP contribution in [-0.2, 0) is 17.6 Å². The van der Waals surface area contributed by atoms with Crippen molar-refractivity contribution in [1.29, 1.82) is 5.26 Å². The molecule has 1 amide bonds. The van der Waals surface area contributed by atoms with E-state index in [1.165, 1.54) is 0 Å². The zero-order valence-electron chi connectivity index (χ0n) is 31.3. The van der Waals surface area contributed by atoms with E-state index >= 15 is 4.39 Å². The average Bonchev–Trinajstić information content (AvgIpc) is 3.65. The molecule has 3 aromatic heterocycles. The molecule has 2 bridgehead atoms. The minimum atomic E-state index is -0.479. The van der Waals surface area contributed by atoms with Gasteiger partial charge in [0.25, 0.3) is 0 Å². The smallest absolute Gasteiger partial charge is 0.226 e. The number of amides is 1. The summed E-state index contributed by atoms with van der Waals surface area (Å²) in [5, 5.41) is 25.1. The molecule has 9 nitrogen and oxygen atoms in total. The van der Waals surface area contributed by atoms with Gasteiger partial charge in [0, 0.05) is 70.3 Å². The van der Waals surface area contributed by atoms with Crippen LogP contribution in [0, 0.1) is 35.9 Å². The molecule has 56 heavy (non-hydrogen) atoms. The number of aryl methyl sites for hydroxylation is 2. The van der Waals surface area contributed by atoms with E-state index < -0.39 is 5.82 Å². The largest absolute Gasteiger partial charge is 0.337 e. The van der Waals surface area contributed by atoms with E-state index in [2.05, 4.69) is 55.8 Å². The first-order valence-corrected chi connectivity index (χ1v) is 20.5. The number of aromatic nitrogens is 5. The highest BCUT2D eigenvalue weighted by molar-refractivity contribution is 6.43. The monoisotopic (exact) mass is 786 g/mol. The van der Waals surface area contributed by atoms with Crippen molar-refractivity contribution in [3.8, 4) is 28.5 Å². The van der Waals surface area contributed by atoms with Crippen molar-refractivity contribution in [2.24, 2.45) is 11.8 Å². The van der Waals surface area contributed by atoms with E-state index in [-0.39, 0.29) is 53.0 Å². The fraction of sp³-hybridized carbons (Fsp3) is 0.386. The minimum Gasteiger partial charge on any atom is -0.337 e. The lowest BCUT2D eigenvalue weighted by Crippen LogP contribution is -2.41. The molecule has 5 atom stereocenters. The Morgan fingerprint density at radius 3 is 2.61 bits per heavy atom. The van der Waals surface area contributed by atoms with Gasteiger partial charge in [-0.25, -0.2) is 14.1 Å². The summed E-state index contributed by atoms with van der Waals surface area (Å²) < 4.78 is 21.8. The van der Waals surface area contributed by atoms with Gasteiger partial charge in [0.05, 0.1) is 45.5 Å². The number of halogens is 3. The van der Waals surface area contributed by atoms with Crippen LogP contribution in [0.25, 0.3) is 44.2 Å². The molecule has 5 fully saturated rings. The molecule has 2 aliphatic carbocycles. The lowest BCUT2D eigenvalue weighted by molar-refractivity contribution is -0.133. The molecule has 11 rings (SSSR count). The first kappa shape index (κ1) is 35.6. The second-order valence-electron chi connectivity index (χ2n) is 16.0. The second-order valence-corrected chi connectivity index (χ2v) is 16.8. The lowest BCUT2D eigenvalue weighted by Gasteiger charge is -2.39. The molecule has 0 spiro atoms. The number of pyridine rings is 1. The molecule has 3 aliphatic heterocycles. The van der Waals surface area contributed by atoms with Gasteiger partial charge in [-0.15, -0.1) is 5.10 Å². The summed E-state index contributed by atoms with van der Waals surface area (Å²) in [7, 11) is 0. The first-order valence-electron chi connectivity index (χ1n) is 19.8. The van der Waals surface area contributed by atoms with Crippen LogP contribution in [0.1, 0.15) is 79.8 Å². The number of carbonyl (C=O) groups excluding carboxylic acids is 1. The second kappa shape index (κ2) is 13.7. The van der Waals surface area contributed by atoms with Crippen molar-refractivity contribution in [2.45, 2.75) is 83.0 Å². The van der Waals surface area contributed by atoms with Gasteiger partial charge < -0.3 is 14.8 Å². The third kappa shape index (κ3) is 5.49. The summed E-state index contributed by atoms with van der Waals surface area (Å²) in [6.45, 7) is 5.53. The molecule has 12 heteroatoms. The summed E-state index contributed by atoms with van der Waals surface area (Å²) in [6, 6.07) is 22.0. The first-order chi connectivity index (χ1) is 27.3. The van der Waals surface area contributed by atoms with Gasteiger partial charge in [0.15, 0.2) is 5.82 Å². The maximum absolute atomic E-state index is 17.3. The van der Waals surface area contributed by atoms with Gasteiger partial charge in [-0.1, -0.05) is 77.8 Å². The fourth-order valence-electron chi connectivity index (χ4n) is 9.93. The van der Waals surface area contributed by atoms with Gasteiger partial charge in [0.1, 0.15) is 11.2 Å². The molecule has 0 unspecified atom stereocenters. The number of fused-ring (bicyclic) bond motifs is 4. The van der Waals surface area contributed by atoms with Gasteiger partial charge in [0.2, 0.25) is 5.91 Å². The molecule has 3 aromatic carbocycles. The summed E-state index contributed by atoms with van der Waals surface area (Å²) >= 11 is 13.2. The number of hydrogen-bond acceptors (Lipinski definition) is 6. The molecule has 6 aromatic rings. The molecule has 0 radical (unpaired) electrons. The molecular formula is C44H41Cl2FN8O. The number of nitrogens with zero attached hydrogens (tertiary/aromatic N) is 7. The van der Waals surface area contributed by atoms with Crippen LogP contribution in [0.3, 0.4) is 0 Å². The predicted octanol–water partition coefficient (Wildman–Crippen LogP) is 9.35. The maximum Gasteiger partial charge on any atom is 0.226 e. The number of rotatable bonds is 9. The molecule has 284 valence electrons. The number of hydrogen-bond donors (Lipinski definition) is 1. The number of nitriles is 1. The van der Waals surface area contributed by atoms with Crippen molar-refractivity contribution in [1.82, 2.24) is 34.8 Å². The standard InChI is InChI=1S/C44H41Cl2FN8O/c1-3-34-40(24-9-5-4-6-10-24)51-52-55(34)28-19-35(53(22-28)44(56)25-14-15-25)36-20-30-23(2)50-41-31(43(30)54(36)42-27-18-33(42)49-21-27)17-26(11-8-16-48)37(39(41)47)29-12-7-13-32(45)38(29)46/h4-7,9-10,12-13,17,20,25,27-28,33,35,42,49H,3,8,11,14-15,18-19,21-22H2,1-2H3/t27-,28+,33-,35-,42+/m1/s1. The molecule has 6 heterocycles. The van der Waals surface area contributed by atoms with Gasteiger partial charge in [-0.3, -0.25) is 4.79 Å². The van der Waals surface area contributed by atoms with Crippen molar-refractivity contribution in [3.63, 3.8) is 0 Å². The highest BCUT2D eigenvalue weighted by Gasteiger charge is 2.51. The van der Waals surface area contributed by atoms with Crippen molar-refractivity contribution in [3.05, 3.63) is 99.2 Å². The summed E-state index contributed by atoms with van der Waals surface area (Å²) in [6.07, 6.45) is 4.86. The summed E-state index contributed by atoms with van der Waals surface area (Å²) in [4.78, 5) is 21.4. The highest BCUT2D eigenvalue weighted by atomic mass is 35.5. The molecule has 3 saturated heterocycles. The van der Waals surface area contributed by atoms with Crippen LogP contribution >= 0.6 is 23.2 Å². The van der Waals surface area contributed by atoms with Crippen LogP contribution in [0.2, 0.25) is 10.0 Å². The van der Waals surface area contributed by atoms with Crippen molar-refractivity contribution < 1.29 is 9.18 Å². The number of likely N-dealkylation sites (tertiary alicyclic amines) is 1. The third-order valence-electron chi connectivity index (χ3n) is 12.8. The Labute approximate surface area is 334 Å². The van der Waals surface area contributed by atoms with E-state index in [0.29, 0.717) is 58.1 Å². The summed E-state index contributed by atoms with van der Waals surface area (Å²) in [5.74, 6) is 0.158. The Hall–Kier alpha value is -4.82. The Morgan fingerprint density at radius 1 is 1.07 bits per heavy atom. The van der Waals surface area contributed by atoms with Crippen LogP contribution in [0.15, 0.2) is 60.7 Å². The van der Waals surface area contributed by atoms with E-state index in [1.807, 2.05) is 31.2 Å². The molecule has 1 N–H and O–H groups in total. The van der Waals surface area contributed by atoms with E-state index in [1.54, 1.807) is 18.2 Å². The quantitative estimate of drug-likeness (QED) is 0.157. The van der Waals surface area contributed by atoms with Crippen LogP contribution in [0.4, 0.5) is 4.39 Å². The summed E-state index contributed by atoms with van der Waals surface area (Å²) in [5.41, 5.74) is 7.39. The Kier molecular flexibility index (Phi) is 8.69. The van der Waals surface area contributed by atoms with Gasteiger partial charge in [-0.05, 0) is 75.1 Å². The zero-order valence-corrected chi connectivity index (χ0v) is 32.8. The molecular weight excluding hydrogens is 746 g/mol. The fourth-order valence-corrected chi connectivity index (χ4v) is 10.3. The van der Waals surface area contributed by atoms with Crippen molar-refractivity contribution >= 4 is 50.9 Å². The highest BCUT2D eigenvalue weighted by Crippen LogP contribution is 2.52. The number of benzene rings is 3. The number of carbonyl (C=O) groups is 1. The normalized spacial score (nSPS) is 22.9. The van der Waals surface area contributed by atoms with Crippen LogP contribution < -0.4 is 5.32 Å². The topological polar surface area (TPSA) is 105 Å². The SMILES string of the molecule is CCc1c(-c2ccccc2)nnn1[C@H]1C[C@H](c2cc3c(C)nc4c(F)c(-c5cccc(Cl)c5Cl)c(CCC#N)cc4c3n2[C@H]2[C@H]3CN[C@@H]2C3)N(C(=O)C2CC2)C1. The van der Waals surface area contributed by atoms with Gasteiger partial charge in [-0.2, -0.15) is 5.26 Å². The Balaban J connectivity index is 1.18. The van der Waals surface area contributed by atoms with Crippen LogP contribution in [-0.4, -0.2) is 54.5 Å². The molecule has 5 aliphatic rings. The van der Waals surface area contributed by atoms with Gasteiger partial charge >= 0.3 is 0 Å². The number of nitrogens with one attached hydrogen (secondary N) is 1. The van der Waals surface area contributed by atoms with E-state index in [0.717, 1.165) is 65.8 Å².